The number of halogens is 1. The van der Waals surface area contributed by atoms with Gasteiger partial charge < -0.3 is 15.0 Å². The number of methoxy groups -OCH3 is 1. The van der Waals surface area contributed by atoms with E-state index in [9.17, 15) is 4.79 Å². The molecule has 28 heavy (non-hydrogen) atoms. The first kappa shape index (κ1) is 18.3. The number of nitrogens with one attached hydrogen (secondary N) is 1. The van der Waals surface area contributed by atoms with Crippen LogP contribution in [-0.2, 0) is 11.2 Å². The highest BCUT2D eigenvalue weighted by Crippen LogP contribution is 2.37. The number of rotatable bonds is 4. The van der Waals surface area contributed by atoms with E-state index in [4.69, 9.17) is 16.3 Å². The number of nitrogens with zero attached hydrogens (tertiary/aromatic N) is 3. The summed E-state index contributed by atoms with van der Waals surface area (Å²) in [6, 6.07) is 15.4. The van der Waals surface area contributed by atoms with Gasteiger partial charge in [0.15, 0.2) is 0 Å². The molecule has 1 aromatic heterocycles. The molecule has 3 aromatic rings. The molecule has 1 aliphatic heterocycles. The number of hydrogen-bond donors (Lipinski definition) is 1. The van der Waals surface area contributed by atoms with Gasteiger partial charge in [0.05, 0.1) is 23.4 Å². The lowest BCUT2D eigenvalue weighted by Crippen LogP contribution is -2.25. The zero-order valence-corrected chi connectivity index (χ0v) is 16.3. The zero-order chi connectivity index (χ0) is 19.7. The van der Waals surface area contributed by atoms with Gasteiger partial charge in [-0.3, -0.25) is 0 Å². The van der Waals surface area contributed by atoms with Crippen molar-refractivity contribution in [1.29, 1.82) is 0 Å². The SMILES string of the molecule is COC(=O)c1ccc(Cl)c(Nc2nccc(N3c4ccccc4CC3C)n2)c1. The van der Waals surface area contributed by atoms with E-state index in [1.54, 1.807) is 24.4 Å². The van der Waals surface area contributed by atoms with Crippen molar-refractivity contribution in [2.24, 2.45) is 0 Å². The minimum atomic E-state index is -0.433. The molecule has 2 aromatic carbocycles. The van der Waals surface area contributed by atoms with Gasteiger partial charge in [-0.1, -0.05) is 29.8 Å². The predicted molar refractivity (Wildman–Crippen MR) is 110 cm³/mol. The van der Waals surface area contributed by atoms with Gasteiger partial charge >= 0.3 is 5.97 Å². The van der Waals surface area contributed by atoms with Crippen LogP contribution in [0.5, 0.6) is 0 Å². The Balaban J connectivity index is 1.65. The fraction of sp³-hybridized carbons (Fsp3) is 0.190. The van der Waals surface area contributed by atoms with Gasteiger partial charge in [0.2, 0.25) is 5.95 Å². The Kier molecular flexibility index (Phi) is 4.88. The Hall–Kier alpha value is -3.12. The Labute approximate surface area is 168 Å². The average Bonchev–Trinajstić information content (AvgIpc) is 3.05. The lowest BCUT2D eigenvalue weighted by Gasteiger charge is -2.24. The number of carbonyl (C=O) groups is 1. The van der Waals surface area contributed by atoms with Crippen molar-refractivity contribution >= 4 is 40.7 Å². The largest absolute Gasteiger partial charge is 0.465 e. The fourth-order valence-corrected chi connectivity index (χ4v) is 3.61. The number of para-hydroxylation sites is 1. The van der Waals surface area contributed by atoms with Crippen molar-refractivity contribution in [3.8, 4) is 0 Å². The first-order chi connectivity index (χ1) is 13.6. The van der Waals surface area contributed by atoms with E-state index in [0.29, 0.717) is 28.3 Å². The summed E-state index contributed by atoms with van der Waals surface area (Å²) in [6.45, 7) is 2.17. The van der Waals surface area contributed by atoms with Crippen molar-refractivity contribution in [3.63, 3.8) is 0 Å². The van der Waals surface area contributed by atoms with Crippen LogP contribution in [0.3, 0.4) is 0 Å². The molecule has 142 valence electrons. The first-order valence-electron chi connectivity index (χ1n) is 8.92. The fourth-order valence-electron chi connectivity index (χ4n) is 3.44. The molecule has 6 nitrogen and oxygen atoms in total. The summed E-state index contributed by atoms with van der Waals surface area (Å²) in [7, 11) is 1.34. The predicted octanol–water partition coefficient (Wildman–Crippen LogP) is 4.74. The maximum absolute atomic E-state index is 11.8. The Morgan fingerprint density at radius 1 is 1.25 bits per heavy atom. The van der Waals surface area contributed by atoms with Gasteiger partial charge in [-0.05, 0) is 49.2 Å². The van der Waals surface area contributed by atoms with E-state index in [1.165, 1.54) is 12.7 Å². The molecule has 0 saturated heterocycles. The maximum Gasteiger partial charge on any atom is 0.337 e. The van der Waals surface area contributed by atoms with Crippen LogP contribution in [0.4, 0.5) is 23.1 Å². The van der Waals surface area contributed by atoms with Crippen molar-refractivity contribution in [3.05, 3.63) is 70.9 Å². The Morgan fingerprint density at radius 3 is 2.89 bits per heavy atom. The number of esters is 1. The normalized spacial score (nSPS) is 15.2. The van der Waals surface area contributed by atoms with E-state index in [2.05, 4.69) is 45.3 Å². The van der Waals surface area contributed by atoms with Gasteiger partial charge in [0, 0.05) is 17.9 Å². The topological polar surface area (TPSA) is 67.3 Å². The summed E-state index contributed by atoms with van der Waals surface area (Å²) >= 11 is 6.27. The van der Waals surface area contributed by atoms with Crippen LogP contribution in [0.2, 0.25) is 5.02 Å². The Bertz CT molecular complexity index is 1040. The molecule has 0 saturated carbocycles. The zero-order valence-electron chi connectivity index (χ0n) is 15.5. The standard InChI is InChI=1S/C21H19ClN4O2/c1-13-11-14-5-3-4-6-18(14)26(13)19-9-10-23-21(25-19)24-17-12-15(20(27)28-2)7-8-16(17)22/h3-10,12-13H,11H2,1-2H3,(H,23,24,25). The van der Waals surface area contributed by atoms with Crippen LogP contribution < -0.4 is 10.2 Å². The molecule has 0 aliphatic carbocycles. The third kappa shape index (κ3) is 3.39. The summed E-state index contributed by atoms with van der Waals surface area (Å²) in [4.78, 5) is 22.9. The Morgan fingerprint density at radius 2 is 2.07 bits per heavy atom. The summed E-state index contributed by atoms with van der Waals surface area (Å²) in [5.74, 6) is 0.769. The smallest absolute Gasteiger partial charge is 0.337 e. The number of carbonyl (C=O) groups excluding carboxylic acids is 1. The molecule has 1 N–H and O–H groups in total. The van der Waals surface area contributed by atoms with Gasteiger partial charge in [0.25, 0.3) is 0 Å². The van der Waals surface area contributed by atoms with E-state index >= 15 is 0 Å². The number of fused-ring (bicyclic) bond motifs is 1. The lowest BCUT2D eigenvalue weighted by molar-refractivity contribution is 0.0601. The molecule has 1 atom stereocenters. The van der Waals surface area contributed by atoms with Gasteiger partial charge in [-0.2, -0.15) is 4.98 Å². The minimum Gasteiger partial charge on any atom is -0.465 e. The highest BCUT2D eigenvalue weighted by Gasteiger charge is 2.27. The lowest BCUT2D eigenvalue weighted by atomic mass is 10.1. The molecule has 0 amide bonds. The molecule has 4 rings (SSSR count). The average molecular weight is 395 g/mol. The van der Waals surface area contributed by atoms with Gasteiger partial charge in [0.1, 0.15) is 5.82 Å². The first-order valence-corrected chi connectivity index (χ1v) is 9.29. The van der Waals surface area contributed by atoms with Crippen molar-refractivity contribution in [2.75, 3.05) is 17.3 Å². The van der Waals surface area contributed by atoms with E-state index in [0.717, 1.165) is 17.9 Å². The second kappa shape index (κ2) is 7.48. The molecular weight excluding hydrogens is 376 g/mol. The number of anilines is 4. The summed E-state index contributed by atoms with van der Waals surface area (Å²) < 4.78 is 4.77. The van der Waals surface area contributed by atoms with Crippen LogP contribution in [0.15, 0.2) is 54.7 Å². The third-order valence-electron chi connectivity index (χ3n) is 4.73. The molecule has 7 heteroatoms. The van der Waals surface area contributed by atoms with Crippen LogP contribution in [-0.4, -0.2) is 29.1 Å². The number of aromatic nitrogens is 2. The van der Waals surface area contributed by atoms with Crippen molar-refractivity contribution in [2.45, 2.75) is 19.4 Å². The summed E-state index contributed by atoms with van der Waals surface area (Å²) in [6.07, 6.45) is 2.67. The van der Waals surface area contributed by atoms with Crippen LogP contribution in [0.25, 0.3) is 0 Å². The maximum atomic E-state index is 11.8. The highest BCUT2D eigenvalue weighted by atomic mass is 35.5. The summed E-state index contributed by atoms with van der Waals surface area (Å²) in [5.41, 5.74) is 3.39. The van der Waals surface area contributed by atoms with Gasteiger partial charge in [-0.25, -0.2) is 9.78 Å². The highest BCUT2D eigenvalue weighted by molar-refractivity contribution is 6.33. The quantitative estimate of drug-likeness (QED) is 0.644. The van der Waals surface area contributed by atoms with Crippen LogP contribution in [0.1, 0.15) is 22.8 Å². The second-order valence-corrected chi connectivity index (χ2v) is 7.01. The van der Waals surface area contributed by atoms with E-state index < -0.39 is 5.97 Å². The molecule has 1 aliphatic rings. The monoisotopic (exact) mass is 394 g/mol. The van der Waals surface area contributed by atoms with E-state index in [-0.39, 0.29) is 0 Å². The molecular formula is C21H19ClN4O2. The van der Waals surface area contributed by atoms with Crippen molar-refractivity contribution < 1.29 is 9.53 Å². The summed E-state index contributed by atoms with van der Waals surface area (Å²) in [5, 5.41) is 3.57. The minimum absolute atomic E-state index is 0.298. The molecule has 2 heterocycles. The number of benzene rings is 2. The van der Waals surface area contributed by atoms with Gasteiger partial charge in [-0.15, -0.1) is 0 Å². The number of ether oxygens (including phenoxy) is 1. The van der Waals surface area contributed by atoms with Crippen LogP contribution in [0, 0.1) is 0 Å². The third-order valence-corrected chi connectivity index (χ3v) is 5.06. The van der Waals surface area contributed by atoms with Crippen molar-refractivity contribution in [1.82, 2.24) is 9.97 Å². The van der Waals surface area contributed by atoms with Crippen LogP contribution >= 0.6 is 11.6 Å². The molecule has 0 bridgehead atoms. The molecule has 0 radical (unpaired) electrons. The molecule has 0 fully saturated rings. The second-order valence-electron chi connectivity index (χ2n) is 6.60. The molecule has 0 spiro atoms. The number of hydrogen-bond acceptors (Lipinski definition) is 6. The molecule has 1 unspecified atom stereocenters. The van der Waals surface area contributed by atoms with E-state index in [1.807, 2.05) is 12.1 Å².